The van der Waals surface area contributed by atoms with Gasteiger partial charge in [0.25, 0.3) is 0 Å². The molecule has 1 aliphatic heterocycles. The van der Waals surface area contributed by atoms with E-state index in [1.165, 1.54) is 11.1 Å². The summed E-state index contributed by atoms with van der Waals surface area (Å²) in [6.07, 6.45) is 1.07. The predicted molar refractivity (Wildman–Crippen MR) is 78.4 cm³/mol. The number of aryl methyl sites for hydroxylation is 1. The van der Waals surface area contributed by atoms with E-state index in [0.717, 1.165) is 49.4 Å². The first-order valence-electron chi connectivity index (χ1n) is 6.47. The van der Waals surface area contributed by atoms with Crippen LogP contribution in [0.1, 0.15) is 11.1 Å². The van der Waals surface area contributed by atoms with Gasteiger partial charge >= 0.3 is 0 Å². The lowest BCUT2D eigenvalue weighted by Crippen LogP contribution is -2.44. The van der Waals surface area contributed by atoms with Crippen molar-refractivity contribution in [3.63, 3.8) is 0 Å². The second-order valence-electron chi connectivity index (χ2n) is 4.72. The Bertz CT molecular complexity index is 403. The fraction of sp³-hybridized carbons (Fsp3) is 0.571. The van der Waals surface area contributed by atoms with Gasteiger partial charge < -0.3 is 15.0 Å². The standard InChI is InChI=1S/C14H21BrN2O/c1-11-3-4-13(18-2)14(15)12(11)5-8-17-9-6-16-7-10-17/h3-4,16H,5-10H2,1-2H3. The van der Waals surface area contributed by atoms with Gasteiger partial charge in [-0.15, -0.1) is 0 Å². The number of piperazine rings is 1. The van der Waals surface area contributed by atoms with Crippen LogP contribution >= 0.6 is 15.9 Å². The van der Waals surface area contributed by atoms with Crippen molar-refractivity contribution in [2.75, 3.05) is 39.8 Å². The van der Waals surface area contributed by atoms with E-state index in [1.54, 1.807) is 7.11 Å². The van der Waals surface area contributed by atoms with Crippen LogP contribution in [0.2, 0.25) is 0 Å². The summed E-state index contributed by atoms with van der Waals surface area (Å²) in [6.45, 7) is 7.81. The van der Waals surface area contributed by atoms with Crippen molar-refractivity contribution >= 4 is 15.9 Å². The van der Waals surface area contributed by atoms with Crippen LogP contribution in [0.4, 0.5) is 0 Å². The van der Waals surface area contributed by atoms with Crippen molar-refractivity contribution in [3.8, 4) is 5.75 Å². The first-order valence-corrected chi connectivity index (χ1v) is 7.26. The number of hydrogen-bond acceptors (Lipinski definition) is 3. The molecule has 1 fully saturated rings. The molecule has 0 aliphatic carbocycles. The molecule has 0 spiro atoms. The minimum absolute atomic E-state index is 0.927. The minimum atomic E-state index is 0.927. The molecule has 18 heavy (non-hydrogen) atoms. The van der Waals surface area contributed by atoms with E-state index in [0.29, 0.717) is 0 Å². The van der Waals surface area contributed by atoms with Gasteiger partial charge in [0.05, 0.1) is 11.6 Å². The van der Waals surface area contributed by atoms with Gasteiger partial charge in [0.2, 0.25) is 0 Å². The zero-order valence-electron chi connectivity index (χ0n) is 11.1. The Kier molecular flexibility index (Phi) is 5.03. The van der Waals surface area contributed by atoms with Crippen molar-refractivity contribution in [1.29, 1.82) is 0 Å². The Morgan fingerprint density at radius 3 is 2.72 bits per heavy atom. The van der Waals surface area contributed by atoms with Gasteiger partial charge in [0, 0.05) is 32.7 Å². The van der Waals surface area contributed by atoms with Gasteiger partial charge in [0.1, 0.15) is 5.75 Å². The zero-order chi connectivity index (χ0) is 13.0. The van der Waals surface area contributed by atoms with E-state index >= 15 is 0 Å². The number of methoxy groups -OCH3 is 1. The largest absolute Gasteiger partial charge is 0.496 e. The van der Waals surface area contributed by atoms with Crippen molar-refractivity contribution in [3.05, 3.63) is 27.7 Å². The highest BCUT2D eigenvalue weighted by Gasteiger charge is 2.13. The first-order chi connectivity index (χ1) is 8.72. The Morgan fingerprint density at radius 2 is 2.06 bits per heavy atom. The summed E-state index contributed by atoms with van der Waals surface area (Å²) < 4.78 is 6.47. The monoisotopic (exact) mass is 312 g/mol. The Balaban J connectivity index is 2.03. The number of nitrogens with zero attached hydrogens (tertiary/aromatic N) is 1. The smallest absolute Gasteiger partial charge is 0.133 e. The van der Waals surface area contributed by atoms with Crippen molar-refractivity contribution in [2.24, 2.45) is 0 Å². The molecule has 2 rings (SSSR count). The lowest BCUT2D eigenvalue weighted by atomic mass is 10.0. The summed E-state index contributed by atoms with van der Waals surface area (Å²) in [4.78, 5) is 2.52. The Labute approximate surface area is 118 Å². The number of benzene rings is 1. The highest BCUT2D eigenvalue weighted by atomic mass is 79.9. The molecule has 1 aliphatic rings. The van der Waals surface area contributed by atoms with Crippen molar-refractivity contribution in [2.45, 2.75) is 13.3 Å². The molecule has 1 saturated heterocycles. The number of halogens is 1. The number of ether oxygens (including phenoxy) is 1. The molecule has 0 amide bonds. The molecule has 0 unspecified atom stereocenters. The second-order valence-corrected chi connectivity index (χ2v) is 5.51. The molecule has 0 saturated carbocycles. The zero-order valence-corrected chi connectivity index (χ0v) is 12.7. The van der Waals surface area contributed by atoms with Gasteiger partial charge in [-0.2, -0.15) is 0 Å². The molecule has 1 N–H and O–H groups in total. The third-order valence-corrected chi connectivity index (χ3v) is 4.42. The first kappa shape index (κ1) is 13.8. The Morgan fingerprint density at radius 1 is 1.33 bits per heavy atom. The van der Waals surface area contributed by atoms with Gasteiger partial charge in [-0.3, -0.25) is 0 Å². The summed E-state index contributed by atoms with van der Waals surface area (Å²) in [7, 11) is 1.72. The van der Waals surface area contributed by atoms with Crippen LogP contribution in [0.15, 0.2) is 16.6 Å². The minimum Gasteiger partial charge on any atom is -0.496 e. The summed E-state index contributed by atoms with van der Waals surface area (Å²) in [6, 6.07) is 4.16. The number of rotatable bonds is 4. The van der Waals surface area contributed by atoms with Crippen molar-refractivity contribution < 1.29 is 4.74 Å². The molecular formula is C14H21BrN2O. The average Bonchev–Trinajstić information content (AvgIpc) is 2.40. The van der Waals surface area contributed by atoms with Crippen LogP contribution in [0.3, 0.4) is 0 Å². The van der Waals surface area contributed by atoms with E-state index in [-0.39, 0.29) is 0 Å². The van der Waals surface area contributed by atoms with Crippen LogP contribution < -0.4 is 10.1 Å². The van der Waals surface area contributed by atoms with E-state index in [4.69, 9.17) is 4.74 Å². The second kappa shape index (κ2) is 6.55. The fourth-order valence-electron chi connectivity index (χ4n) is 2.37. The van der Waals surface area contributed by atoms with E-state index in [9.17, 15) is 0 Å². The molecule has 3 nitrogen and oxygen atoms in total. The van der Waals surface area contributed by atoms with Gasteiger partial charge in [-0.1, -0.05) is 6.07 Å². The molecule has 0 bridgehead atoms. The fourth-order valence-corrected chi connectivity index (χ4v) is 3.17. The van der Waals surface area contributed by atoms with E-state index < -0.39 is 0 Å². The topological polar surface area (TPSA) is 24.5 Å². The maximum Gasteiger partial charge on any atom is 0.133 e. The summed E-state index contributed by atoms with van der Waals surface area (Å²) >= 11 is 3.66. The molecule has 1 aromatic carbocycles. The highest BCUT2D eigenvalue weighted by molar-refractivity contribution is 9.10. The quantitative estimate of drug-likeness (QED) is 0.922. The van der Waals surface area contributed by atoms with Gasteiger partial charge in [-0.25, -0.2) is 0 Å². The highest BCUT2D eigenvalue weighted by Crippen LogP contribution is 2.31. The molecular weight excluding hydrogens is 292 g/mol. The Hall–Kier alpha value is -0.580. The van der Waals surface area contributed by atoms with Crippen LogP contribution in [0, 0.1) is 6.92 Å². The van der Waals surface area contributed by atoms with Crippen LogP contribution in [0.25, 0.3) is 0 Å². The third-order valence-electron chi connectivity index (χ3n) is 3.55. The molecule has 100 valence electrons. The van der Waals surface area contributed by atoms with E-state index in [1.807, 2.05) is 6.07 Å². The lowest BCUT2D eigenvalue weighted by molar-refractivity contribution is 0.243. The molecule has 1 aromatic rings. The summed E-state index contributed by atoms with van der Waals surface area (Å²) in [5.41, 5.74) is 2.70. The maximum absolute atomic E-state index is 5.36. The predicted octanol–water partition coefficient (Wildman–Crippen LogP) is 2.21. The summed E-state index contributed by atoms with van der Waals surface area (Å²) in [5, 5.41) is 3.38. The summed E-state index contributed by atoms with van der Waals surface area (Å²) in [5.74, 6) is 0.927. The van der Waals surface area contributed by atoms with Crippen molar-refractivity contribution in [1.82, 2.24) is 10.2 Å². The maximum atomic E-state index is 5.36. The number of hydrogen-bond donors (Lipinski definition) is 1. The molecule has 0 aromatic heterocycles. The number of nitrogens with one attached hydrogen (secondary N) is 1. The molecule has 1 heterocycles. The van der Waals surface area contributed by atoms with E-state index in [2.05, 4.69) is 39.1 Å². The molecule has 0 atom stereocenters. The van der Waals surface area contributed by atoms with Gasteiger partial charge in [-0.05, 0) is 46.5 Å². The average molecular weight is 313 g/mol. The van der Waals surface area contributed by atoms with Crippen LogP contribution in [0.5, 0.6) is 5.75 Å². The molecule has 0 radical (unpaired) electrons. The SMILES string of the molecule is COc1ccc(C)c(CCN2CCNCC2)c1Br. The molecule has 4 heteroatoms. The van der Waals surface area contributed by atoms with Crippen LogP contribution in [-0.4, -0.2) is 44.7 Å². The normalized spacial score (nSPS) is 16.8. The third kappa shape index (κ3) is 3.25. The lowest BCUT2D eigenvalue weighted by Gasteiger charge is -2.27. The van der Waals surface area contributed by atoms with Crippen LogP contribution in [-0.2, 0) is 6.42 Å². The van der Waals surface area contributed by atoms with Gasteiger partial charge in [0.15, 0.2) is 0 Å².